The minimum Gasteiger partial charge on any atom is -0.467 e. The Morgan fingerprint density at radius 3 is 2.25 bits per heavy atom. The number of fused-ring (bicyclic) bond motifs is 2. The summed E-state index contributed by atoms with van der Waals surface area (Å²) < 4.78 is 49.8. The molecule has 2 fully saturated rings. The number of benzene rings is 2. The Labute approximate surface area is 330 Å². The Balaban J connectivity index is 1.27. The van der Waals surface area contributed by atoms with E-state index in [-0.39, 0.29) is 36.9 Å². The molecule has 0 amide bonds. The Hall–Kier alpha value is -3.35. The van der Waals surface area contributed by atoms with Crippen LogP contribution in [0.1, 0.15) is 31.1 Å². The summed E-state index contributed by atoms with van der Waals surface area (Å²) in [5, 5.41) is 0.521. The topological polar surface area (TPSA) is 122 Å². The van der Waals surface area contributed by atoms with Crippen molar-refractivity contribution >= 4 is 45.1 Å². The van der Waals surface area contributed by atoms with E-state index < -0.39 is 28.5 Å². The van der Waals surface area contributed by atoms with Crippen LogP contribution in [0.4, 0.5) is 0 Å². The second-order valence-electron chi connectivity index (χ2n) is 16.8. The van der Waals surface area contributed by atoms with E-state index in [2.05, 4.69) is 53.5 Å². The molecule has 0 aliphatic carbocycles. The van der Waals surface area contributed by atoms with Gasteiger partial charge in [-0.25, -0.2) is 9.78 Å². The van der Waals surface area contributed by atoms with Crippen LogP contribution in [0.5, 0.6) is 11.8 Å². The van der Waals surface area contributed by atoms with Gasteiger partial charge in [-0.15, -0.1) is 0 Å². The van der Waals surface area contributed by atoms with E-state index >= 15 is 0 Å². The molecule has 15 heteroatoms. The number of nitrogens with zero attached hydrogens (tertiary/aromatic N) is 3. The molecule has 6 rings (SSSR count). The van der Waals surface area contributed by atoms with E-state index in [1.165, 1.54) is 14.2 Å². The van der Waals surface area contributed by atoms with Crippen molar-refractivity contribution in [2.45, 2.75) is 95.7 Å². The smallest absolute Gasteiger partial charge is 0.337 e. The maximum atomic E-state index is 12.2. The van der Waals surface area contributed by atoms with Crippen LogP contribution >= 0.6 is 11.6 Å². The molecule has 2 aromatic carbocycles. The molecule has 2 aromatic heterocycles. The standard InChI is InChI=1S/C40H54ClN3O9Si2/c1-40(2,3)55(9,10)53-33-22-50-35-32(21-49-36(33)35)52-39-43-37-30(44(39)23-48-17-18-54(6,7)8)20-29(41)34(42-37)26-13-11-25(12-14-26)28-16-15-27(38(45)47-5)19-31(28)51-24-46-4/h11-16,19-20,32-33,35-36H,17-18,21-24H2,1-10H3/t32-,33-,35-,36-/m1/s1. The Morgan fingerprint density at radius 2 is 1.60 bits per heavy atom. The van der Waals surface area contributed by atoms with Gasteiger partial charge in [0.05, 0.1) is 48.2 Å². The van der Waals surface area contributed by atoms with Crippen molar-refractivity contribution in [3.05, 3.63) is 59.1 Å². The molecule has 0 bridgehead atoms. The van der Waals surface area contributed by atoms with Crippen molar-refractivity contribution in [2.75, 3.05) is 40.8 Å². The number of aromatic nitrogens is 3. The predicted octanol–water partition coefficient (Wildman–Crippen LogP) is 8.44. The lowest BCUT2D eigenvalue weighted by molar-refractivity contribution is 0.00691. The van der Waals surface area contributed by atoms with Gasteiger partial charge in [-0.2, -0.15) is 4.98 Å². The van der Waals surface area contributed by atoms with Crippen molar-refractivity contribution < 1.29 is 42.4 Å². The fourth-order valence-corrected chi connectivity index (χ4v) is 8.66. The first-order valence-corrected chi connectivity index (χ1v) is 25.7. The first-order valence-electron chi connectivity index (χ1n) is 18.7. The fraction of sp³-hybridized carbons (Fsp3) is 0.525. The van der Waals surface area contributed by atoms with Crippen LogP contribution in [0.15, 0.2) is 48.5 Å². The SMILES string of the molecule is COCOc1cc(C(=O)OC)ccc1-c1ccc(-c2nc3nc(O[C@@H]4CO[C@H]5[C@@H]4OC[C@H]5O[Si](C)(C)C(C)(C)C)n(COCC[Si](C)(C)C)c3cc2Cl)cc1. The number of carbonyl (C=O) groups is 1. The zero-order valence-corrected chi connectivity index (χ0v) is 36.3. The second kappa shape index (κ2) is 16.6. The molecule has 0 unspecified atom stereocenters. The number of ether oxygens (including phenoxy) is 7. The lowest BCUT2D eigenvalue weighted by atomic mass is 10.00. The number of pyridine rings is 1. The number of halogens is 1. The minimum atomic E-state index is -2.04. The highest BCUT2D eigenvalue weighted by Crippen LogP contribution is 2.41. The van der Waals surface area contributed by atoms with Crippen molar-refractivity contribution in [3.63, 3.8) is 0 Å². The molecule has 12 nitrogen and oxygen atoms in total. The van der Waals surface area contributed by atoms with Gasteiger partial charge in [-0.1, -0.05) is 76.3 Å². The van der Waals surface area contributed by atoms with Gasteiger partial charge >= 0.3 is 12.0 Å². The molecule has 0 spiro atoms. The molecule has 0 saturated carbocycles. The van der Waals surface area contributed by atoms with E-state index in [1.807, 2.05) is 41.0 Å². The van der Waals surface area contributed by atoms with Gasteiger partial charge in [0.15, 0.2) is 26.9 Å². The van der Waals surface area contributed by atoms with Gasteiger partial charge in [-0.3, -0.25) is 4.57 Å². The Bertz CT molecular complexity index is 1980. The number of rotatable bonds is 15. The third-order valence-corrected chi connectivity index (χ3v) is 17.0. The maximum absolute atomic E-state index is 12.2. The lowest BCUT2D eigenvalue weighted by Gasteiger charge is -2.39. The summed E-state index contributed by atoms with van der Waals surface area (Å²) in [6.07, 6.45) is -1.06. The van der Waals surface area contributed by atoms with Crippen molar-refractivity contribution in [2.24, 2.45) is 0 Å². The first kappa shape index (κ1) is 41.3. The highest BCUT2D eigenvalue weighted by Gasteiger charge is 2.52. The zero-order chi connectivity index (χ0) is 39.7. The van der Waals surface area contributed by atoms with Crippen LogP contribution in [-0.4, -0.2) is 102 Å². The van der Waals surface area contributed by atoms with Gasteiger partial charge in [0.25, 0.3) is 0 Å². The van der Waals surface area contributed by atoms with Gasteiger partial charge in [-0.05, 0) is 54.0 Å². The maximum Gasteiger partial charge on any atom is 0.337 e. The minimum absolute atomic E-state index is 0.0190. The number of carbonyl (C=O) groups excluding carboxylic acids is 1. The largest absolute Gasteiger partial charge is 0.467 e. The van der Waals surface area contributed by atoms with Crippen LogP contribution in [-0.2, 0) is 34.8 Å². The molecule has 0 radical (unpaired) electrons. The third-order valence-electron chi connectivity index (χ3n) is 10.6. The molecular weight excluding hydrogens is 758 g/mol. The van der Waals surface area contributed by atoms with Crippen LogP contribution in [0, 0.1) is 0 Å². The predicted molar refractivity (Wildman–Crippen MR) is 217 cm³/mol. The van der Waals surface area contributed by atoms with E-state index in [9.17, 15) is 4.79 Å². The highest BCUT2D eigenvalue weighted by atomic mass is 35.5. The number of methoxy groups -OCH3 is 2. The average molecular weight is 813 g/mol. The molecule has 55 heavy (non-hydrogen) atoms. The van der Waals surface area contributed by atoms with Crippen LogP contribution in [0.3, 0.4) is 0 Å². The Kier molecular flexibility index (Phi) is 12.5. The van der Waals surface area contributed by atoms with Crippen molar-refractivity contribution in [1.29, 1.82) is 0 Å². The average Bonchev–Trinajstić information content (AvgIpc) is 3.82. The number of hydrogen-bond acceptors (Lipinski definition) is 11. The molecule has 2 aliphatic rings. The highest BCUT2D eigenvalue weighted by molar-refractivity contribution is 6.76. The van der Waals surface area contributed by atoms with E-state index in [4.69, 9.17) is 59.2 Å². The van der Waals surface area contributed by atoms with Gasteiger partial charge in [0.1, 0.15) is 24.7 Å². The first-order chi connectivity index (χ1) is 26.0. The second-order valence-corrected chi connectivity index (χ2v) is 27.6. The molecule has 4 aromatic rings. The molecular formula is C40H54ClN3O9Si2. The van der Waals surface area contributed by atoms with Crippen molar-refractivity contribution in [1.82, 2.24) is 14.5 Å². The Morgan fingerprint density at radius 1 is 0.927 bits per heavy atom. The van der Waals surface area contributed by atoms with Gasteiger partial charge < -0.3 is 37.6 Å². The fourth-order valence-electron chi connectivity index (χ4n) is 6.33. The third kappa shape index (κ3) is 9.28. The molecule has 2 saturated heterocycles. The summed E-state index contributed by atoms with van der Waals surface area (Å²) in [5.41, 5.74) is 4.55. The van der Waals surface area contributed by atoms with E-state index in [0.717, 1.165) is 22.7 Å². The molecule has 2 aliphatic heterocycles. The molecule has 4 atom stereocenters. The monoisotopic (exact) mass is 811 g/mol. The summed E-state index contributed by atoms with van der Waals surface area (Å²) in [4.78, 5) is 22.0. The van der Waals surface area contributed by atoms with E-state index in [1.54, 1.807) is 12.1 Å². The molecule has 0 N–H and O–H groups in total. The molecule has 298 valence electrons. The van der Waals surface area contributed by atoms with Crippen molar-refractivity contribution in [3.8, 4) is 34.1 Å². The van der Waals surface area contributed by atoms with Crippen LogP contribution in [0.2, 0.25) is 48.8 Å². The normalized spacial score (nSPS) is 20.2. The quantitative estimate of drug-likeness (QED) is 0.0498. The van der Waals surface area contributed by atoms with E-state index in [0.29, 0.717) is 59.0 Å². The number of hydrogen-bond donors (Lipinski definition) is 0. The van der Waals surface area contributed by atoms with Gasteiger partial charge in [0.2, 0.25) is 0 Å². The summed E-state index contributed by atoms with van der Waals surface area (Å²) >= 11 is 6.98. The summed E-state index contributed by atoms with van der Waals surface area (Å²) in [6, 6.07) is 16.2. The number of imidazole rings is 1. The summed E-state index contributed by atoms with van der Waals surface area (Å²) in [6.45, 7) is 19.8. The molecule has 4 heterocycles. The summed E-state index contributed by atoms with van der Waals surface area (Å²) in [5.74, 6) is 0.0308. The van der Waals surface area contributed by atoms with Crippen LogP contribution in [0.25, 0.3) is 33.5 Å². The van der Waals surface area contributed by atoms with Gasteiger partial charge in [0, 0.05) is 32.9 Å². The number of esters is 1. The van der Waals surface area contributed by atoms with Crippen LogP contribution < -0.4 is 9.47 Å². The lowest BCUT2D eigenvalue weighted by Crippen LogP contribution is -2.47. The zero-order valence-electron chi connectivity index (χ0n) is 33.6. The summed E-state index contributed by atoms with van der Waals surface area (Å²) in [7, 11) is -0.475.